The first kappa shape index (κ1) is 8.35. The average molecular weight is 132 g/mol. The normalized spacial score (nSPS) is 10.1. The van der Waals surface area contributed by atoms with E-state index < -0.39 is 0 Å². The molecule has 8 heavy (non-hydrogen) atoms. The second-order valence-corrected chi connectivity index (χ2v) is 3.50. The Morgan fingerprint density at radius 1 is 1.50 bits per heavy atom. The van der Waals surface area contributed by atoms with Crippen LogP contribution in [0.4, 0.5) is 0 Å². The van der Waals surface area contributed by atoms with Gasteiger partial charge >= 0.3 is 0 Å². The zero-order chi connectivity index (χ0) is 6.57. The SMILES string of the molecule is CB(Cl)CCC(C)C. The third-order valence-corrected chi connectivity index (χ3v) is 1.36. The summed E-state index contributed by atoms with van der Waals surface area (Å²) < 4.78 is 0. The second-order valence-electron chi connectivity index (χ2n) is 2.75. The molecular formula is C6H14BCl. The van der Waals surface area contributed by atoms with Gasteiger partial charge in [-0.1, -0.05) is 33.4 Å². The molecule has 0 saturated heterocycles. The quantitative estimate of drug-likeness (QED) is 0.518. The molecule has 2 heteroatoms. The molecule has 0 aliphatic rings. The van der Waals surface area contributed by atoms with Crippen LogP contribution in [0.5, 0.6) is 0 Å². The fraction of sp³-hybridized carbons (Fsp3) is 1.00. The van der Waals surface area contributed by atoms with Crippen LogP contribution < -0.4 is 0 Å². The van der Waals surface area contributed by atoms with Crippen LogP contribution in [0.15, 0.2) is 0 Å². The van der Waals surface area contributed by atoms with Crippen LogP contribution in [-0.4, -0.2) is 6.13 Å². The molecule has 0 aromatic rings. The van der Waals surface area contributed by atoms with Crippen molar-refractivity contribution < 1.29 is 0 Å². The fourth-order valence-corrected chi connectivity index (χ4v) is 0.689. The number of hydrogen-bond acceptors (Lipinski definition) is 0. The highest BCUT2D eigenvalue weighted by atomic mass is 35.5. The van der Waals surface area contributed by atoms with Crippen molar-refractivity contribution in [3.8, 4) is 0 Å². The van der Waals surface area contributed by atoms with Crippen molar-refractivity contribution in [2.45, 2.75) is 33.4 Å². The summed E-state index contributed by atoms with van der Waals surface area (Å²) in [5.74, 6) is 0.802. The van der Waals surface area contributed by atoms with Gasteiger partial charge in [-0.25, -0.2) is 0 Å². The lowest BCUT2D eigenvalue weighted by atomic mass is 9.73. The third-order valence-electron chi connectivity index (χ3n) is 1.14. The molecule has 0 aromatic carbocycles. The molecule has 0 nitrogen and oxygen atoms in total. The number of hydrogen-bond donors (Lipinski definition) is 0. The summed E-state index contributed by atoms with van der Waals surface area (Å²) in [5, 5.41) is 0. The molecule has 0 aromatic heterocycles. The maximum absolute atomic E-state index is 5.72. The predicted molar refractivity (Wildman–Crippen MR) is 41.7 cm³/mol. The summed E-state index contributed by atoms with van der Waals surface area (Å²) in [7, 11) is 0. The molecule has 48 valence electrons. The molecule has 0 N–H and O–H groups in total. The van der Waals surface area contributed by atoms with Gasteiger partial charge in [0.05, 0.1) is 0 Å². The first-order valence-corrected chi connectivity index (χ1v) is 3.70. The third kappa shape index (κ3) is 6.35. The van der Waals surface area contributed by atoms with E-state index in [-0.39, 0.29) is 0 Å². The van der Waals surface area contributed by atoms with Crippen LogP contribution in [0, 0.1) is 5.92 Å². The molecule has 0 saturated carbocycles. The molecule has 0 aliphatic heterocycles. The number of rotatable bonds is 3. The minimum Gasteiger partial charge on any atom is -0.196 e. The highest BCUT2D eigenvalue weighted by Gasteiger charge is 2.02. The van der Waals surface area contributed by atoms with Gasteiger partial charge in [0.15, 0.2) is 0 Å². The molecular weight excluding hydrogens is 118 g/mol. The first-order chi connectivity index (χ1) is 3.63. The van der Waals surface area contributed by atoms with Crippen LogP contribution >= 0.6 is 11.5 Å². The van der Waals surface area contributed by atoms with Crippen molar-refractivity contribution in [3.05, 3.63) is 0 Å². The Balaban J connectivity index is 2.93. The molecule has 0 unspecified atom stereocenters. The maximum atomic E-state index is 5.72. The second kappa shape index (κ2) is 4.26. The smallest absolute Gasteiger partial charge is 0.196 e. The molecule has 0 radical (unpaired) electrons. The topological polar surface area (TPSA) is 0 Å². The van der Waals surface area contributed by atoms with E-state index in [4.69, 9.17) is 11.5 Å². The minimum absolute atomic E-state index is 0.359. The summed E-state index contributed by atoms with van der Waals surface area (Å²) in [4.78, 5) is 0. The minimum atomic E-state index is 0.359. The average Bonchev–Trinajstić information content (AvgIpc) is 1.61. The van der Waals surface area contributed by atoms with Crippen molar-refractivity contribution in [2.24, 2.45) is 5.92 Å². The van der Waals surface area contributed by atoms with Gasteiger partial charge in [-0.05, 0) is 5.92 Å². The Labute approximate surface area is 57.6 Å². The van der Waals surface area contributed by atoms with Gasteiger partial charge < -0.3 is 0 Å². The van der Waals surface area contributed by atoms with Gasteiger partial charge in [-0.15, -0.1) is 0 Å². The Morgan fingerprint density at radius 3 is 2.12 bits per heavy atom. The van der Waals surface area contributed by atoms with E-state index in [9.17, 15) is 0 Å². The van der Waals surface area contributed by atoms with Crippen LogP contribution in [0.1, 0.15) is 20.3 Å². The van der Waals surface area contributed by atoms with Gasteiger partial charge in [-0.3, -0.25) is 0 Å². The Morgan fingerprint density at radius 2 is 2.00 bits per heavy atom. The van der Waals surface area contributed by atoms with Crippen LogP contribution in [0.2, 0.25) is 13.1 Å². The van der Waals surface area contributed by atoms with E-state index >= 15 is 0 Å². The van der Waals surface area contributed by atoms with Crippen molar-refractivity contribution in [1.82, 2.24) is 0 Å². The van der Waals surface area contributed by atoms with Crippen molar-refractivity contribution in [2.75, 3.05) is 0 Å². The van der Waals surface area contributed by atoms with E-state index in [1.165, 1.54) is 6.42 Å². The summed E-state index contributed by atoms with van der Waals surface area (Å²) >= 11 is 5.72. The van der Waals surface area contributed by atoms with E-state index in [1.807, 2.05) is 6.82 Å². The molecule has 0 fully saturated rings. The van der Waals surface area contributed by atoms with Gasteiger partial charge in [-0.2, -0.15) is 11.5 Å². The monoisotopic (exact) mass is 132 g/mol. The first-order valence-electron chi connectivity index (χ1n) is 3.27. The molecule has 0 heterocycles. The van der Waals surface area contributed by atoms with Gasteiger partial charge in [0.25, 0.3) is 0 Å². The van der Waals surface area contributed by atoms with Gasteiger partial charge in [0.2, 0.25) is 6.13 Å². The maximum Gasteiger partial charge on any atom is 0.247 e. The Hall–Kier alpha value is 0.355. The lowest BCUT2D eigenvalue weighted by molar-refractivity contribution is 0.623. The van der Waals surface area contributed by atoms with Crippen LogP contribution in [0.3, 0.4) is 0 Å². The summed E-state index contributed by atoms with van der Waals surface area (Å²) in [6, 6.07) is 0. The summed E-state index contributed by atoms with van der Waals surface area (Å²) in [6.07, 6.45) is 2.77. The molecule has 0 bridgehead atoms. The highest BCUT2D eigenvalue weighted by molar-refractivity contribution is 7.06. The zero-order valence-corrected chi connectivity index (χ0v) is 6.70. The Kier molecular flexibility index (Phi) is 4.44. The van der Waals surface area contributed by atoms with Crippen molar-refractivity contribution in [3.63, 3.8) is 0 Å². The predicted octanol–water partition coefficient (Wildman–Crippen LogP) is 2.89. The lowest BCUT2D eigenvalue weighted by Crippen LogP contribution is -1.97. The molecule has 0 spiro atoms. The van der Waals surface area contributed by atoms with E-state index in [0.29, 0.717) is 6.13 Å². The van der Waals surface area contributed by atoms with Gasteiger partial charge in [0.1, 0.15) is 0 Å². The summed E-state index contributed by atoms with van der Waals surface area (Å²) in [6.45, 7) is 6.49. The van der Waals surface area contributed by atoms with E-state index in [2.05, 4.69) is 13.8 Å². The summed E-state index contributed by atoms with van der Waals surface area (Å²) in [5.41, 5.74) is 0. The highest BCUT2D eigenvalue weighted by Crippen LogP contribution is 2.08. The molecule has 0 rings (SSSR count). The molecule has 0 amide bonds. The molecule has 0 aliphatic carbocycles. The molecule has 0 atom stereocenters. The van der Waals surface area contributed by atoms with Crippen LogP contribution in [0.25, 0.3) is 0 Å². The van der Waals surface area contributed by atoms with Gasteiger partial charge in [0, 0.05) is 0 Å². The Bertz CT molecular complexity index is 44.5. The fourth-order valence-electron chi connectivity index (χ4n) is 0.563. The largest absolute Gasteiger partial charge is 0.247 e. The lowest BCUT2D eigenvalue weighted by Gasteiger charge is -2.01. The van der Waals surface area contributed by atoms with Crippen molar-refractivity contribution >= 4 is 17.6 Å². The van der Waals surface area contributed by atoms with E-state index in [0.717, 1.165) is 12.2 Å². The zero-order valence-electron chi connectivity index (χ0n) is 5.95. The van der Waals surface area contributed by atoms with Crippen molar-refractivity contribution in [1.29, 1.82) is 0 Å². The van der Waals surface area contributed by atoms with Crippen LogP contribution in [-0.2, 0) is 0 Å². The number of halogens is 1. The standard InChI is InChI=1S/C6H14BCl/c1-6(2)4-5-7(3)8/h6H,4-5H2,1-3H3. The van der Waals surface area contributed by atoms with E-state index in [1.54, 1.807) is 0 Å².